The molecule has 0 saturated heterocycles. The molecule has 2 rings (SSSR count). The van der Waals surface area contributed by atoms with Crippen molar-refractivity contribution in [1.82, 2.24) is 0 Å². The second-order valence-electron chi connectivity index (χ2n) is 3.28. The largest absolute Gasteiger partial charge is 0.207 e. The summed E-state index contributed by atoms with van der Waals surface area (Å²) in [5, 5.41) is 0.763. The predicted molar refractivity (Wildman–Crippen MR) is 66.0 cm³/mol. The molecule has 0 bridgehead atoms. The first kappa shape index (κ1) is 12.9. The number of hydrogen-bond donors (Lipinski definition) is 0. The van der Waals surface area contributed by atoms with E-state index < -0.39 is 22.8 Å². The number of rotatable bonds is 2. The highest BCUT2D eigenvalue weighted by Gasteiger charge is 2.23. The molecule has 0 fully saturated rings. The van der Waals surface area contributed by atoms with Gasteiger partial charge in [0.2, 0.25) is 0 Å². The Labute approximate surface area is 113 Å². The molecule has 0 spiro atoms. The van der Waals surface area contributed by atoms with Crippen LogP contribution in [0.4, 0.5) is 13.2 Å². The minimum atomic E-state index is -0.984. The summed E-state index contributed by atoms with van der Waals surface area (Å²) >= 11 is 10.5. The standard InChI is InChI=1S/C11H5BrClF3S/c12-6-1-2-17-11(6)10(13)9-7(15)3-5(14)4-8(9)16/h1-4,10H. The van der Waals surface area contributed by atoms with Crippen molar-refractivity contribution in [2.24, 2.45) is 0 Å². The molecular formula is C11H5BrClF3S. The van der Waals surface area contributed by atoms with Gasteiger partial charge in [0, 0.05) is 27.0 Å². The zero-order chi connectivity index (χ0) is 12.6. The smallest absolute Gasteiger partial charge is 0.134 e. The van der Waals surface area contributed by atoms with Crippen LogP contribution in [0.25, 0.3) is 0 Å². The minimum absolute atomic E-state index is 0.337. The quantitative estimate of drug-likeness (QED) is 0.654. The summed E-state index contributed by atoms with van der Waals surface area (Å²) in [5.74, 6) is -2.93. The van der Waals surface area contributed by atoms with Gasteiger partial charge >= 0.3 is 0 Å². The van der Waals surface area contributed by atoms with Crippen LogP contribution < -0.4 is 0 Å². The van der Waals surface area contributed by atoms with Crippen LogP contribution in [-0.4, -0.2) is 0 Å². The molecule has 0 saturated carbocycles. The van der Waals surface area contributed by atoms with E-state index in [9.17, 15) is 13.2 Å². The molecule has 1 unspecified atom stereocenters. The molecule has 90 valence electrons. The Morgan fingerprint density at radius 1 is 1.18 bits per heavy atom. The maximum absolute atomic E-state index is 13.5. The summed E-state index contributed by atoms with van der Waals surface area (Å²) in [6.07, 6.45) is 0. The normalized spacial score (nSPS) is 12.8. The van der Waals surface area contributed by atoms with Crippen LogP contribution in [0.2, 0.25) is 0 Å². The van der Waals surface area contributed by atoms with E-state index in [-0.39, 0.29) is 5.56 Å². The third kappa shape index (κ3) is 2.51. The minimum Gasteiger partial charge on any atom is -0.207 e. The summed E-state index contributed by atoms with van der Waals surface area (Å²) in [6.45, 7) is 0. The zero-order valence-corrected chi connectivity index (χ0v) is 11.3. The van der Waals surface area contributed by atoms with Crippen molar-refractivity contribution in [1.29, 1.82) is 0 Å². The molecule has 0 N–H and O–H groups in total. The second kappa shape index (κ2) is 5.00. The van der Waals surface area contributed by atoms with Gasteiger partial charge in [0.05, 0.1) is 5.38 Å². The van der Waals surface area contributed by atoms with Crippen molar-refractivity contribution in [3.8, 4) is 0 Å². The maximum atomic E-state index is 13.5. The van der Waals surface area contributed by atoms with Gasteiger partial charge in [0.25, 0.3) is 0 Å². The van der Waals surface area contributed by atoms with Gasteiger partial charge in [0.15, 0.2) is 0 Å². The van der Waals surface area contributed by atoms with E-state index in [2.05, 4.69) is 15.9 Å². The van der Waals surface area contributed by atoms with E-state index in [0.717, 1.165) is 0 Å². The molecule has 1 aromatic heterocycles. The SMILES string of the molecule is Fc1cc(F)c(C(Cl)c2sccc2Br)c(F)c1. The number of hydrogen-bond acceptors (Lipinski definition) is 1. The van der Waals surface area contributed by atoms with E-state index in [1.54, 1.807) is 11.4 Å². The van der Waals surface area contributed by atoms with Gasteiger partial charge in [-0.15, -0.1) is 22.9 Å². The molecule has 2 aromatic rings. The van der Waals surface area contributed by atoms with Gasteiger partial charge in [-0.2, -0.15) is 0 Å². The van der Waals surface area contributed by atoms with E-state index >= 15 is 0 Å². The van der Waals surface area contributed by atoms with Gasteiger partial charge < -0.3 is 0 Å². The molecule has 0 amide bonds. The lowest BCUT2D eigenvalue weighted by atomic mass is 10.1. The molecule has 6 heteroatoms. The summed E-state index contributed by atoms with van der Waals surface area (Å²) in [7, 11) is 0. The predicted octanol–water partition coefficient (Wildman–Crippen LogP) is 5.26. The fourth-order valence-electron chi connectivity index (χ4n) is 1.41. The monoisotopic (exact) mass is 340 g/mol. The number of thiophene rings is 1. The van der Waals surface area contributed by atoms with Gasteiger partial charge in [-0.1, -0.05) is 0 Å². The average molecular weight is 342 g/mol. The van der Waals surface area contributed by atoms with Crippen molar-refractivity contribution < 1.29 is 13.2 Å². The van der Waals surface area contributed by atoms with Crippen molar-refractivity contribution in [3.63, 3.8) is 0 Å². The zero-order valence-electron chi connectivity index (χ0n) is 8.18. The van der Waals surface area contributed by atoms with Gasteiger partial charge in [0.1, 0.15) is 17.5 Å². The Balaban J connectivity index is 2.51. The lowest BCUT2D eigenvalue weighted by molar-refractivity contribution is 0.526. The lowest BCUT2D eigenvalue weighted by Gasteiger charge is -2.11. The van der Waals surface area contributed by atoms with E-state index in [1.807, 2.05) is 0 Å². The summed E-state index contributed by atoms with van der Waals surface area (Å²) in [6, 6.07) is 2.97. The molecular weight excluding hydrogens is 337 g/mol. The number of alkyl halides is 1. The van der Waals surface area contributed by atoms with E-state index in [1.165, 1.54) is 11.3 Å². The fraction of sp³-hybridized carbons (Fsp3) is 0.0909. The third-order valence-electron chi connectivity index (χ3n) is 2.17. The topological polar surface area (TPSA) is 0 Å². The Kier molecular flexibility index (Phi) is 3.80. The molecule has 0 radical (unpaired) electrons. The van der Waals surface area contributed by atoms with Gasteiger partial charge in [-0.05, 0) is 27.4 Å². The molecule has 0 nitrogen and oxygen atoms in total. The highest BCUT2D eigenvalue weighted by Crippen LogP contribution is 2.39. The summed E-state index contributed by atoms with van der Waals surface area (Å²) in [4.78, 5) is 0.580. The summed E-state index contributed by atoms with van der Waals surface area (Å²) in [5.41, 5.74) is -0.337. The van der Waals surface area contributed by atoms with Gasteiger partial charge in [-0.25, -0.2) is 13.2 Å². The van der Waals surface area contributed by atoms with E-state index in [0.29, 0.717) is 21.5 Å². The van der Waals surface area contributed by atoms with Crippen molar-refractivity contribution in [3.05, 3.63) is 55.9 Å². The first-order valence-electron chi connectivity index (χ1n) is 4.52. The Morgan fingerprint density at radius 2 is 1.76 bits per heavy atom. The molecule has 17 heavy (non-hydrogen) atoms. The lowest BCUT2D eigenvalue weighted by Crippen LogP contribution is -2.01. The maximum Gasteiger partial charge on any atom is 0.134 e. The molecule has 1 aromatic carbocycles. The van der Waals surface area contributed by atoms with Crippen LogP contribution in [0.15, 0.2) is 28.1 Å². The van der Waals surface area contributed by atoms with E-state index in [4.69, 9.17) is 11.6 Å². The van der Waals surface area contributed by atoms with Crippen molar-refractivity contribution in [2.45, 2.75) is 5.38 Å². The molecule has 0 aliphatic rings. The molecule has 0 aliphatic heterocycles. The Hall–Kier alpha value is -0.520. The van der Waals surface area contributed by atoms with Gasteiger partial charge in [-0.3, -0.25) is 0 Å². The first-order valence-corrected chi connectivity index (χ1v) is 6.63. The van der Waals surface area contributed by atoms with Crippen LogP contribution in [0.5, 0.6) is 0 Å². The Bertz CT molecular complexity index is 532. The second-order valence-corrected chi connectivity index (χ2v) is 5.52. The average Bonchev–Trinajstić information content (AvgIpc) is 2.62. The highest BCUT2D eigenvalue weighted by molar-refractivity contribution is 9.10. The molecule has 1 heterocycles. The van der Waals surface area contributed by atoms with Crippen LogP contribution in [0, 0.1) is 17.5 Å². The molecule has 0 aliphatic carbocycles. The Morgan fingerprint density at radius 3 is 2.24 bits per heavy atom. The number of halogens is 5. The molecule has 1 atom stereocenters. The van der Waals surface area contributed by atoms with Crippen LogP contribution in [0.3, 0.4) is 0 Å². The fourth-order valence-corrected chi connectivity index (χ4v) is 3.61. The van der Waals surface area contributed by atoms with Crippen molar-refractivity contribution in [2.75, 3.05) is 0 Å². The van der Waals surface area contributed by atoms with Crippen molar-refractivity contribution >= 4 is 38.9 Å². The van der Waals surface area contributed by atoms with Crippen LogP contribution in [0.1, 0.15) is 15.8 Å². The first-order chi connectivity index (χ1) is 8.00. The third-order valence-corrected chi connectivity index (χ3v) is 4.67. The van der Waals surface area contributed by atoms with Crippen LogP contribution >= 0.6 is 38.9 Å². The summed E-state index contributed by atoms with van der Waals surface area (Å²) < 4.78 is 40.5. The number of benzene rings is 1. The highest BCUT2D eigenvalue weighted by atomic mass is 79.9. The van der Waals surface area contributed by atoms with Crippen LogP contribution in [-0.2, 0) is 0 Å².